The van der Waals surface area contributed by atoms with E-state index in [1.807, 2.05) is 30.3 Å². The van der Waals surface area contributed by atoms with E-state index in [-0.39, 0.29) is 19.7 Å². The van der Waals surface area contributed by atoms with Gasteiger partial charge in [-0.2, -0.15) is 10.2 Å². The van der Waals surface area contributed by atoms with Gasteiger partial charge in [-0.05, 0) is 5.56 Å². The minimum Gasteiger partial charge on any atom is -0.467 e. The molecule has 2 aromatic rings. The fourth-order valence-corrected chi connectivity index (χ4v) is 3.67. The van der Waals surface area contributed by atoms with E-state index in [2.05, 4.69) is 5.10 Å². The number of carbonyl (C=O) groups is 2. The summed E-state index contributed by atoms with van der Waals surface area (Å²) in [6.07, 6.45) is -0.134. The van der Waals surface area contributed by atoms with Gasteiger partial charge in [-0.3, -0.25) is 9.52 Å². The molecule has 2 aliphatic heterocycles. The molecule has 0 spiro atoms. The highest BCUT2D eigenvalue weighted by Crippen LogP contribution is 2.44. The van der Waals surface area contributed by atoms with Gasteiger partial charge in [0.2, 0.25) is 0 Å². The lowest BCUT2D eigenvalue weighted by molar-refractivity contribution is -0.146. The summed E-state index contributed by atoms with van der Waals surface area (Å²) in [7, 11) is 1.24. The molecule has 1 fully saturated rings. The highest BCUT2D eigenvalue weighted by molar-refractivity contribution is 5.87. The molecule has 10 heteroatoms. The van der Waals surface area contributed by atoms with Crippen LogP contribution in [0.2, 0.25) is 0 Å². The van der Waals surface area contributed by atoms with Gasteiger partial charge in [0.05, 0.1) is 32.1 Å². The van der Waals surface area contributed by atoms with Crippen molar-refractivity contribution in [1.82, 2.24) is 19.7 Å². The summed E-state index contributed by atoms with van der Waals surface area (Å²) in [4.78, 5) is 32.5. The van der Waals surface area contributed by atoms with Crippen LogP contribution < -0.4 is 0 Å². The van der Waals surface area contributed by atoms with Crippen LogP contribution in [0.1, 0.15) is 28.9 Å². The fraction of sp³-hybridized carbons (Fsp3) is 0.389. The van der Waals surface area contributed by atoms with Crippen molar-refractivity contribution in [3.8, 4) is 0 Å². The molecule has 0 saturated carbocycles. The number of ether oxygens (including phenoxy) is 1. The minimum absolute atomic E-state index is 0.193. The third kappa shape index (κ3) is 3.01. The molecule has 2 atom stereocenters. The molecule has 0 unspecified atom stereocenters. The number of hydrogen-bond acceptors (Lipinski definition) is 7. The molecule has 4 rings (SSSR count). The Kier molecular flexibility index (Phi) is 4.75. The second-order valence-corrected chi connectivity index (χ2v) is 6.61. The van der Waals surface area contributed by atoms with Crippen LogP contribution in [0.5, 0.6) is 0 Å². The van der Waals surface area contributed by atoms with Crippen LogP contribution in [0.4, 0.5) is 4.79 Å². The molecule has 28 heavy (non-hydrogen) atoms. The number of aromatic nitrogens is 2. The quantitative estimate of drug-likeness (QED) is 0.541. The van der Waals surface area contributed by atoms with Crippen LogP contribution in [0.15, 0.2) is 36.5 Å². The summed E-state index contributed by atoms with van der Waals surface area (Å²) in [5.74, 6) is -0.632. The van der Waals surface area contributed by atoms with Crippen LogP contribution in [0.3, 0.4) is 0 Å². The van der Waals surface area contributed by atoms with Crippen LogP contribution in [-0.4, -0.2) is 61.9 Å². The summed E-state index contributed by atoms with van der Waals surface area (Å²) >= 11 is 0. The van der Waals surface area contributed by atoms with Gasteiger partial charge in [-0.25, -0.2) is 9.59 Å². The minimum atomic E-state index is -1.65. The van der Waals surface area contributed by atoms with Crippen molar-refractivity contribution in [2.24, 2.45) is 0 Å². The first-order valence-corrected chi connectivity index (χ1v) is 8.77. The van der Waals surface area contributed by atoms with Gasteiger partial charge in [0.25, 0.3) is 0 Å². The molecule has 2 N–H and O–H groups in total. The standard InChI is InChI=1S/C18H20N4O6/c1-27-17(25)16-15-12(7-19-21(15)9-14(23)24)13-8-20(16)18(26)22(13)28-10-11-5-3-2-4-6-11/h2-7,13-14,16,23-24H,8-10H2,1H3/t13-,16+/m1/s1. The first-order chi connectivity index (χ1) is 13.5. The summed E-state index contributed by atoms with van der Waals surface area (Å²) < 4.78 is 6.20. The molecule has 0 radical (unpaired) electrons. The molecule has 0 aliphatic carbocycles. The first kappa shape index (κ1) is 18.4. The van der Waals surface area contributed by atoms with E-state index in [9.17, 15) is 19.8 Å². The Morgan fingerprint density at radius 3 is 2.75 bits per heavy atom. The van der Waals surface area contributed by atoms with E-state index >= 15 is 0 Å². The van der Waals surface area contributed by atoms with Crippen molar-refractivity contribution >= 4 is 12.0 Å². The molecular formula is C18H20N4O6. The van der Waals surface area contributed by atoms with Crippen LogP contribution in [-0.2, 0) is 27.5 Å². The SMILES string of the molecule is COC(=O)[C@@H]1c2c(cnn2CC(O)O)[C@H]2CN1C(=O)N2OCc1ccccc1. The zero-order chi connectivity index (χ0) is 19.8. The molecule has 2 aliphatic rings. The highest BCUT2D eigenvalue weighted by atomic mass is 16.7. The van der Waals surface area contributed by atoms with Gasteiger partial charge in [0.1, 0.15) is 12.6 Å². The van der Waals surface area contributed by atoms with Gasteiger partial charge in [-0.1, -0.05) is 30.3 Å². The number of hydrogen-bond donors (Lipinski definition) is 2. The molecule has 2 amide bonds. The number of amides is 2. The third-order valence-corrected chi connectivity index (χ3v) is 4.90. The number of carbonyl (C=O) groups excluding carboxylic acids is 2. The van der Waals surface area contributed by atoms with Crippen molar-refractivity contribution in [3.05, 3.63) is 53.3 Å². The summed E-state index contributed by atoms with van der Waals surface area (Å²) in [5.41, 5.74) is 1.91. The van der Waals surface area contributed by atoms with Gasteiger partial charge >= 0.3 is 12.0 Å². The maximum absolute atomic E-state index is 12.9. The number of aliphatic hydroxyl groups is 2. The summed E-state index contributed by atoms with van der Waals surface area (Å²) in [5, 5.41) is 24.1. The lowest BCUT2D eigenvalue weighted by Gasteiger charge is -2.29. The molecule has 1 aromatic heterocycles. The van der Waals surface area contributed by atoms with E-state index in [0.717, 1.165) is 5.56 Å². The Labute approximate surface area is 160 Å². The average Bonchev–Trinajstić information content (AvgIpc) is 3.21. The maximum atomic E-state index is 12.9. The Morgan fingerprint density at radius 2 is 2.07 bits per heavy atom. The molecule has 10 nitrogen and oxygen atoms in total. The Morgan fingerprint density at radius 1 is 1.32 bits per heavy atom. The number of methoxy groups -OCH3 is 1. The summed E-state index contributed by atoms with van der Waals surface area (Å²) in [6, 6.07) is 7.47. The number of benzene rings is 1. The first-order valence-electron chi connectivity index (χ1n) is 8.77. The Balaban J connectivity index is 1.67. The third-order valence-electron chi connectivity index (χ3n) is 4.90. The smallest absolute Gasteiger partial charge is 0.345 e. The predicted molar refractivity (Wildman–Crippen MR) is 93.1 cm³/mol. The molecule has 148 valence electrons. The molecule has 1 saturated heterocycles. The van der Waals surface area contributed by atoms with Crippen LogP contribution in [0.25, 0.3) is 0 Å². The lowest BCUT2D eigenvalue weighted by atomic mass is 9.98. The van der Waals surface area contributed by atoms with E-state index in [4.69, 9.17) is 9.57 Å². The number of rotatable bonds is 6. The number of hydroxylamine groups is 2. The monoisotopic (exact) mass is 388 g/mol. The van der Waals surface area contributed by atoms with E-state index in [1.165, 1.54) is 28.0 Å². The van der Waals surface area contributed by atoms with Crippen molar-refractivity contribution < 1.29 is 29.4 Å². The Bertz CT molecular complexity index is 883. The van der Waals surface area contributed by atoms with E-state index in [1.54, 1.807) is 0 Å². The maximum Gasteiger partial charge on any atom is 0.345 e. The van der Waals surface area contributed by atoms with Crippen molar-refractivity contribution in [2.45, 2.75) is 31.5 Å². The summed E-state index contributed by atoms with van der Waals surface area (Å²) in [6.45, 7) is 0.203. The van der Waals surface area contributed by atoms with E-state index < -0.39 is 30.4 Å². The number of fused-ring (bicyclic) bond motifs is 4. The number of urea groups is 1. The molecular weight excluding hydrogens is 368 g/mol. The second kappa shape index (κ2) is 7.23. The number of nitrogens with zero attached hydrogens (tertiary/aromatic N) is 4. The zero-order valence-corrected chi connectivity index (χ0v) is 15.1. The van der Waals surface area contributed by atoms with Crippen molar-refractivity contribution in [2.75, 3.05) is 13.7 Å². The highest BCUT2D eigenvalue weighted by Gasteiger charge is 2.53. The molecule has 3 heterocycles. The van der Waals surface area contributed by atoms with Crippen molar-refractivity contribution in [3.63, 3.8) is 0 Å². The normalized spacial score (nSPS) is 20.6. The average molecular weight is 388 g/mol. The van der Waals surface area contributed by atoms with Gasteiger partial charge in [-0.15, -0.1) is 0 Å². The lowest BCUT2D eigenvalue weighted by Crippen LogP contribution is -2.40. The van der Waals surface area contributed by atoms with Crippen molar-refractivity contribution in [1.29, 1.82) is 0 Å². The predicted octanol–water partition coefficient (Wildman–Crippen LogP) is 0.332. The Hall–Kier alpha value is -2.95. The fourth-order valence-electron chi connectivity index (χ4n) is 3.67. The van der Waals surface area contributed by atoms with Gasteiger partial charge in [0.15, 0.2) is 12.3 Å². The van der Waals surface area contributed by atoms with Gasteiger partial charge in [0, 0.05) is 5.56 Å². The topological polar surface area (TPSA) is 117 Å². The second-order valence-electron chi connectivity index (χ2n) is 6.61. The largest absolute Gasteiger partial charge is 0.467 e. The number of esters is 1. The molecule has 2 bridgehead atoms. The van der Waals surface area contributed by atoms with Crippen LogP contribution in [0, 0.1) is 0 Å². The molecule has 1 aromatic carbocycles. The number of aliphatic hydroxyl groups excluding tert-OH is 1. The zero-order valence-electron chi connectivity index (χ0n) is 15.1. The van der Waals surface area contributed by atoms with E-state index in [0.29, 0.717) is 11.3 Å². The van der Waals surface area contributed by atoms with Crippen LogP contribution >= 0.6 is 0 Å². The van der Waals surface area contributed by atoms with Gasteiger partial charge < -0.3 is 19.8 Å².